The van der Waals surface area contributed by atoms with Crippen molar-refractivity contribution in [1.82, 2.24) is 0 Å². The van der Waals surface area contributed by atoms with Crippen LogP contribution in [0.25, 0.3) is 89.0 Å². The van der Waals surface area contributed by atoms with Crippen LogP contribution in [0.1, 0.15) is 65.2 Å². The second-order valence-corrected chi connectivity index (χ2v) is 26.6. The molecule has 0 aliphatic rings. The summed E-state index contributed by atoms with van der Waals surface area (Å²) in [6, 6.07) is 121. The summed E-state index contributed by atoms with van der Waals surface area (Å²) in [4.78, 5) is 7.30. The molecule has 13 aromatic rings. The molecule has 13 aromatic carbocycles. The number of thioether (sulfide) groups is 2. The first-order chi connectivity index (χ1) is 46.5. The summed E-state index contributed by atoms with van der Waals surface area (Å²) in [5, 5.41) is 0. The first-order valence-corrected chi connectivity index (χ1v) is 35.6. The first-order valence-electron chi connectivity index (χ1n) is 33.6. The number of benzene rings is 13. The molecule has 0 aliphatic heterocycles. The molecule has 0 radical (unpaired) electrons. The minimum Gasteiger partial charge on any atom is -0.311 e. The van der Waals surface area contributed by atoms with Gasteiger partial charge in [0.15, 0.2) is 0 Å². The van der Waals surface area contributed by atoms with Gasteiger partial charge in [-0.05, 0) is 223 Å². The Hall–Kier alpha value is -9.84. The molecular weight excluding hydrogens is 1170 g/mol. The normalized spacial score (nSPS) is 11.2. The molecule has 0 saturated heterocycles. The highest BCUT2D eigenvalue weighted by molar-refractivity contribution is 7.99. The molecule has 0 unspecified atom stereocenters. The Morgan fingerprint density at radius 1 is 0.202 bits per heavy atom. The third-order valence-corrected chi connectivity index (χ3v) is 20.0. The molecule has 2 nitrogen and oxygen atoms in total. The maximum atomic E-state index is 2.46. The van der Waals surface area contributed by atoms with Crippen LogP contribution in [0.3, 0.4) is 0 Å². The van der Waals surface area contributed by atoms with Crippen LogP contribution in [-0.4, -0.2) is 11.5 Å². The molecule has 462 valence electrons. The van der Waals surface area contributed by atoms with Crippen LogP contribution in [0.15, 0.2) is 337 Å². The second-order valence-electron chi connectivity index (χ2n) is 24.2. The SMILES string of the molecule is CCCCCCSc1ccc(-c2ccc(-c3cc(-c4ccc(-c5ccc(N(c6ccccc6)c6ccccc6)cc5)cc4)c(-c4ccc(-c5ccc(SCCCCCC)cc5)cc4)cc3-c3ccc(-c4ccc(N(c5ccccc5)c5ccccc5)cc4)cc3)cc2)cc1. The van der Waals surface area contributed by atoms with Gasteiger partial charge in [-0.1, -0.05) is 271 Å². The zero-order chi connectivity index (χ0) is 63.7. The van der Waals surface area contributed by atoms with Gasteiger partial charge in [0.2, 0.25) is 0 Å². The van der Waals surface area contributed by atoms with E-state index in [4.69, 9.17) is 0 Å². The average Bonchev–Trinajstić information content (AvgIpc) is 0.784. The third kappa shape index (κ3) is 15.3. The van der Waals surface area contributed by atoms with Gasteiger partial charge in [0, 0.05) is 43.9 Å². The molecule has 0 fully saturated rings. The van der Waals surface area contributed by atoms with E-state index in [1.165, 1.54) is 139 Å². The number of unbranched alkanes of at least 4 members (excludes halogenated alkanes) is 6. The summed E-state index contributed by atoms with van der Waals surface area (Å²) in [6.07, 6.45) is 10.3. The fraction of sp³-hybridized carbons (Fsp3) is 0.133. The lowest BCUT2D eigenvalue weighted by molar-refractivity contribution is 0.706. The highest BCUT2D eigenvalue weighted by Crippen LogP contribution is 2.45. The van der Waals surface area contributed by atoms with Gasteiger partial charge < -0.3 is 9.80 Å². The zero-order valence-electron chi connectivity index (χ0n) is 54.0. The Morgan fingerprint density at radius 3 is 0.638 bits per heavy atom. The van der Waals surface area contributed by atoms with Crippen molar-refractivity contribution in [3.63, 3.8) is 0 Å². The van der Waals surface area contributed by atoms with E-state index in [0.29, 0.717) is 0 Å². The number of rotatable bonds is 26. The maximum absolute atomic E-state index is 2.46. The van der Waals surface area contributed by atoms with Crippen molar-refractivity contribution in [1.29, 1.82) is 0 Å². The molecule has 0 bridgehead atoms. The zero-order valence-corrected chi connectivity index (χ0v) is 55.6. The second kappa shape index (κ2) is 31.2. The van der Waals surface area contributed by atoms with Crippen LogP contribution in [0.5, 0.6) is 0 Å². The van der Waals surface area contributed by atoms with E-state index in [0.717, 1.165) is 56.8 Å². The van der Waals surface area contributed by atoms with Crippen molar-refractivity contribution in [2.75, 3.05) is 21.3 Å². The Kier molecular flexibility index (Phi) is 20.9. The molecule has 0 heterocycles. The highest BCUT2D eigenvalue weighted by atomic mass is 32.2. The van der Waals surface area contributed by atoms with Gasteiger partial charge in [-0.3, -0.25) is 0 Å². The number of nitrogens with zero attached hydrogens (tertiary/aromatic N) is 2. The minimum atomic E-state index is 1.11. The van der Waals surface area contributed by atoms with Crippen LogP contribution in [-0.2, 0) is 0 Å². The summed E-state index contributed by atoms with van der Waals surface area (Å²) in [6.45, 7) is 4.56. The number of hydrogen-bond donors (Lipinski definition) is 0. The Bertz CT molecular complexity index is 4090. The first kappa shape index (κ1) is 62.9. The lowest BCUT2D eigenvalue weighted by Gasteiger charge is -2.25. The molecule has 94 heavy (non-hydrogen) atoms. The van der Waals surface area contributed by atoms with Gasteiger partial charge in [-0.2, -0.15) is 0 Å². The quantitative estimate of drug-likeness (QED) is 0.0394. The average molecular weight is 1250 g/mol. The van der Waals surface area contributed by atoms with Crippen LogP contribution >= 0.6 is 23.5 Å². The van der Waals surface area contributed by atoms with E-state index < -0.39 is 0 Å². The molecule has 0 atom stereocenters. The lowest BCUT2D eigenvalue weighted by Crippen LogP contribution is -2.09. The van der Waals surface area contributed by atoms with Crippen molar-refractivity contribution >= 4 is 57.6 Å². The predicted molar refractivity (Wildman–Crippen MR) is 409 cm³/mol. The van der Waals surface area contributed by atoms with Crippen molar-refractivity contribution in [2.24, 2.45) is 0 Å². The molecule has 0 amide bonds. The van der Waals surface area contributed by atoms with Gasteiger partial charge in [0.1, 0.15) is 0 Å². The fourth-order valence-corrected chi connectivity index (χ4v) is 14.5. The van der Waals surface area contributed by atoms with E-state index in [1.807, 2.05) is 23.5 Å². The van der Waals surface area contributed by atoms with E-state index in [-0.39, 0.29) is 0 Å². The fourth-order valence-electron chi connectivity index (χ4n) is 12.7. The largest absolute Gasteiger partial charge is 0.311 e. The smallest absolute Gasteiger partial charge is 0.0462 e. The predicted octanol–water partition coefficient (Wildman–Crippen LogP) is 27.3. The molecule has 0 N–H and O–H groups in total. The van der Waals surface area contributed by atoms with Crippen molar-refractivity contribution in [2.45, 2.75) is 75.0 Å². The van der Waals surface area contributed by atoms with Crippen LogP contribution in [0, 0.1) is 0 Å². The Balaban J connectivity index is 0.877. The molecule has 0 spiro atoms. The highest BCUT2D eigenvalue weighted by Gasteiger charge is 2.20. The standard InChI is InChI=1S/C90H80N2S2/c1-3-5-7-21-63-93-85-59-51-73(52-60-85)69-35-43-77(44-36-69)89-65-88(76-41-33-68(34-42-76)72-49-57-84(58-50-72)92(81-27-17-11-18-28-81)82-29-19-12-20-30-82)90(78-45-37-70(38-46-78)74-53-61-86(62-54-74)94-64-22-8-6-4-2)66-87(89)75-39-31-67(32-40-75)71-47-55-83(56-48-71)91(79-23-13-9-14-24-79)80-25-15-10-16-26-80/h9-20,23-62,65-66H,3-8,21-22,63-64H2,1-2H3. The van der Waals surface area contributed by atoms with E-state index in [1.54, 1.807) is 0 Å². The Labute approximate surface area is 566 Å². The number of para-hydroxylation sites is 4. The Morgan fingerprint density at radius 2 is 0.404 bits per heavy atom. The molecule has 0 saturated carbocycles. The van der Waals surface area contributed by atoms with E-state index >= 15 is 0 Å². The third-order valence-electron chi connectivity index (χ3n) is 17.8. The van der Waals surface area contributed by atoms with Crippen LogP contribution in [0.4, 0.5) is 34.1 Å². The van der Waals surface area contributed by atoms with Crippen molar-refractivity contribution in [3.05, 3.63) is 328 Å². The maximum Gasteiger partial charge on any atom is 0.0462 e. The molecule has 0 aliphatic carbocycles. The summed E-state index contributed by atoms with van der Waals surface area (Å²) < 4.78 is 0. The molecule has 4 heteroatoms. The minimum absolute atomic E-state index is 1.11. The molecule has 13 rings (SSSR count). The van der Waals surface area contributed by atoms with Crippen molar-refractivity contribution < 1.29 is 0 Å². The van der Waals surface area contributed by atoms with Gasteiger partial charge >= 0.3 is 0 Å². The van der Waals surface area contributed by atoms with E-state index in [2.05, 4.69) is 351 Å². The molecular formula is C90H80N2S2. The monoisotopic (exact) mass is 1250 g/mol. The number of hydrogen-bond acceptors (Lipinski definition) is 4. The topological polar surface area (TPSA) is 6.48 Å². The van der Waals surface area contributed by atoms with Crippen LogP contribution in [0.2, 0.25) is 0 Å². The van der Waals surface area contributed by atoms with Gasteiger partial charge in [-0.25, -0.2) is 0 Å². The summed E-state index contributed by atoms with van der Waals surface area (Å²) in [5.41, 5.74) is 25.6. The van der Waals surface area contributed by atoms with Gasteiger partial charge in [0.25, 0.3) is 0 Å². The molecule has 0 aromatic heterocycles. The summed E-state index contributed by atoms with van der Waals surface area (Å²) in [7, 11) is 0. The summed E-state index contributed by atoms with van der Waals surface area (Å²) in [5.74, 6) is 2.33. The van der Waals surface area contributed by atoms with E-state index in [9.17, 15) is 0 Å². The lowest BCUT2D eigenvalue weighted by atomic mass is 9.84. The van der Waals surface area contributed by atoms with Gasteiger partial charge in [-0.15, -0.1) is 23.5 Å². The van der Waals surface area contributed by atoms with Gasteiger partial charge in [0.05, 0.1) is 0 Å². The van der Waals surface area contributed by atoms with Crippen LogP contribution < -0.4 is 9.80 Å². The number of anilines is 6. The summed E-state index contributed by atoms with van der Waals surface area (Å²) >= 11 is 3.94. The van der Waals surface area contributed by atoms with Crippen molar-refractivity contribution in [3.8, 4) is 89.0 Å².